The van der Waals surface area contributed by atoms with E-state index in [-0.39, 0.29) is 6.10 Å². The first-order valence-electron chi connectivity index (χ1n) is 8.07. The van der Waals surface area contributed by atoms with Crippen molar-refractivity contribution < 1.29 is 19.4 Å². The van der Waals surface area contributed by atoms with Crippen molar-refractivity contribution in [2.75, 3.05) is 27.4 Å². The summed E-state index contributed by atoms with van der Waals surface area (Å²) in [6.45, 7) is 4.67. The van der Waals surface area contributed by atoms with Crippen molar-refractivity contribution >= 4 is 23.5 Å². The average molecular weight is 361 g/mol. The Balaban J connectivity index is 2.23. The van der Waals surface area contributed by atoms with Gasteiger partial charge in [-0.2, -0.15) is 0 Å². The quantitative estimate of drug-likeness (QED) is 0.562. The molecule has 1 aromatic rings. The van der Waals surface area contributed by atoms with E-state index in [0.29, 0.717) is 30.4 Å². The second-order valence-corrected chi connectivity index (χ2v) is 5.29. The number of oxime groups is 3. The molecule has 1 aliphatic heterocycles. The number of nitrogens with zero attached hydrogens (tertiary/aromatic N) is 4. The largest absolute Gasteiger partial charge is 0.399 e. The van der Waals surface area contributed by atoms with E-state index in [4.69, 9.17) is 19.4 Å². The third kappa shape index (κ3) is 5.28. The minimum atomic E-state index is -0.316. The molecule has 1 atom stereocenters. The Labute approximate surface area is 152 Å². The molecule has 0 bridgehead atoms. The molecule has 26 heavy (non-hydrogen) atoms. The Bertz CT molecular complexity index is 715. The lowest BCUT2D eigenvalue weighted by Gasteiger charge is -2.16. The summed E-state index contributed by atoms with van der Waals surface area (Å²) in [5.41, 5.74) is 5.51. The van der Waals surface area contributed by atoms with Crippen molar-refractivity contribution in [3.05, 3.63) is 35.4 Å². The van der Waals surface area contributed by atoms with Crippen LogP contribution in [0, 0.1) is 0 Å². The van der Waals surface area contributed by atoms with Gasteiger partial charge in [0.2, 0.25) is 0 Å². The maximum atomic E-state index is 5.42. The molecule has 0 saturated heterocycles. The first kappa shape index (κ1) is 19.4. The van der Waals surface area contributed by atoms with Crippen LogP contribution in [0.15, 0.2) is 44.7 Å². The summed E-state index contributed by atoms with van der Waals surface area (Å²) in [4.78, 5) is 24.7. The summed E-state index contributed by atoms with van der Waals surface area (Å²) in [5.74, 6) is 0.497. The van der Waals surface area contributed by atoms with Crippen molar-refractivity contribution in [1.29, 1.82) is 0 Å². The van der Waals surface area contributed by atoms with E-state index in [1.165, 1.54) is 14.2 Å². The molecule has 0 aromatic heterocycles. The fourth-order valence-electron chi connectivity index (χ4n) is 2.09. The molecule has 0 aliphatic carbocycles. The molecule has 1 heterocycles. The minimum Gasteiger partial charge on any atom is -0.399 e. The van der Waals surface area contributed by atoms with Crippen LogP contribution in [0.1, 0.15) is 25.0 Å². The molecule has 1 N–H and O–H groups in total. The summed E-state index contributed by atoms with van der Waals surface area (Å²) >= 11 is 0. The van der Waals surface area contributed by atoms with Crippen LogP contribution in [0.5, 0.6) is 0 Å². The molecule has 1 aliphatic rings. The Hall–Kier alpha value is -2.94. The molecular formula is C17H23N5O4. The molecule has 0 spiro atoms. The van der Waals surface area contributed by atoms with Gasteiger partial charge >= 0.3 is 0 Å². The van der Waals surface area contributed by atoms with Gasteiger partial charge in [-0.25, -0.2) is 5.48 Å². The number of hydroxylamine groups is 1. The summed E-state index contributed by atoms with van der Waals surface area (Å²) in [7, 11) is 2.96. The zero-order valence-corrected chi connectivity index (χ0v) is 15.3. The number of rotatable bonds is 8. The second-order valence-electron chi connectivity index (χ2n) is 5.29. The molecule has 0 fully saturated rings. The predicted molar refractivity (Wildman–Crippen MR) is 99.6 cm³/mol. The van der Waals surface area contributed by atoms with Gasteiger partial charge < -0.3 is 14.5 Å². The molecule has 0 saturated carbocycles. The van der Waals surface area contributed by atoms with E-state index in [9.17, 15) is 0 Å². The molecular weight excluding hydrogens is 338 g/mol. The molecule has 1 unspecified atom stereocenters. The molecule has 2 rings (SSSR count). The van der Waals surface area contributed by atoms with Gasteiger partial charge in [0.15, 0.2) is 17.7 Å². The normalized spacial score (nSPS) is 16.7. The monoisotopic (exact) mass is 361 g/mol. The van der Waals surface area contributed by atoms with E-state index >= 15 is 0 Å². The zero-order chi connectivity index (χ0) is 18.8. The Kier molecular flexibility index (Phi) is 7.56. The number of hydrogen-bond acceptors (Lipinski definition) is 9. The highest BCUT2D eigenvalue weighted by Gasteiger charge is 2.18. The van der Waals surface area contributed by atoms with Crippen molar-refractivity contribution in [3.63, 3.8) is 0 Å². The van der Waals surface area contributed by atoms with Crippen LogP contribution < -0.4 is 5.48 Å². The van der Waals surface area contributed by atoms with Gasteiger partial charge in [-0.15, -0.1) is 0 Å². The summed E-state index contributed by atoms with van der Waals surface area (Å²) in [5, 5.41) is 11.9. The fourth-order valence-corrected chi connectivity index (χ4v) is 2.09. The van der Waals surface area contributed by atoms with Crippen LogP contribution in [-0.4, -0.2) is 56.9 Å². The third-order valence-corrected chi connectivity index (χ3v) is 3.49. The highest BCUT2D eigenvalue weighted by Crippen LogP contribution is 2.11. The standard InChI is InChI=1S/C17H23N5O4/c1-12(20-23-3)13(2)26-19-11-14-7-5-6-8-15(14)16(21-24-4)17-18-9-10-25-22-17/h5-8,11,13H,9-10H2,1-4H3,(H,18,22). The maximum absolute atomic E-state index is 5.42. The first-order chi connectivity index (χ1) is 12.7. The number of nitrogens with one attached hydrogen (secondary N) is 1. The lowest BCUT2D eigenvalue weighted by molar-refractivity contribution is 0.0836. The van der Waals surface area contributed by atoms with Crippen molar-refractivity contribution in [1.82, 2.24) is 5.48 Å². The Morgan fingerprint density at radius 3 is 2.73 bits per heavy atom. The number of aliphatic imine (C=N–C) groups is 1. The smallest absolute Gasteiger partial charge is 0.175 e. The van der Waals surface area contributed by atoms with Gasteiger partial charge in [-0.1, -0.05) is 39.7 Å². The zero-order valence-electron chi connectivity index (χ0n) is 15.3. The van der Waals surface area contributed by atoms with Gasteiger partial charge in [0.05, 0.1) is 25.1 Å². The summed E-state index contributed by atoms with van der Waals surface area (Å²) < 4.78 is 0. The second kappa shape index (κ2) is 10.1. The minimum absolute atomic E-state index is 0.316. The summed E-state index contributed by atoms with van der Waals surface area (Å²) in [6.07, 6.45) is 1.28. The first-order valence-corrected chi connectivity index (χ1v) is 8.07. The Morgan fingerprint density at radius 2 is 2.04 bits per heavy atom. The highest BCUT2D eigenvalue weighted by atomic mass is 16.7. The van der Waals surface area contributed by atoms with Gasteiger partial charge in [-0.3, -0.25) is 9.83 Å². The van der Waals surface area contributed by atoms with Gasteiger partial charge in [0.1, 0.15) is 14.2 Å². The van der Waals surface area contributed by atoms with E-state index in [1.54, 1.807) is 13.1 Å². The lowest BCUT2D eigenvalue weighted by atomic mass is 10.0. The van der Waals surface area contributed by atoms with E-state index in [2.05, 4.69) is 25.9 Å². The number of benzene rings is 1. The maximum Gasteiger partial charge on any atom is 0.175 e. The molecule has 9 heteroatoms. The molecule has 1 aromatic carbocycles. The molecule has 9 nitrogen and oxygen atoms in total. The molecule has 0 radical (unpaired) electrons. The Morgan fingerprint density at radius 1 is 1.27 bits per heavy atom. The predicted octanol–water partition coefficient (Wildman–Crippen LogP) is 1.73. The van der Waals surface area contributed by atoms with E-state index in [0.717, 1.165) is 11.1 Å². The lowest BCUT2D eigenvalue weighted by Crippen LogP contribution is -2.37. The van der Waals surface area contributed by atoms with Gasteiger partial charge in [-0.05, 0) is 13.8 Å². The van der Waals surface area contributed by atoms with Crippen LogP contribution in [0.2, 0.25) is 0 Å². The van der Waals surface area contributed by atoms with Crippen LogP contribution in [0.4, 0.5) is 0 Å². The van der Waals surface area contributed by atoms with Crippen molar-refractivity contribution in [3.8, 4) is 0 Å². The van der Waals surface area contributed by atoms with Crippen LogP contribution in [0.3, 0.4) is 0 Å². The molecule has 140 valence electrons. The van der Waals surface area contributed by atoms with Crippen LogP contribution in [0.25, 0.3) is 0 Å². The number of hydrogen-bond donors (Lipinski definition) is 1. The highest BCUT2D eigenvalue weighted by molar-refractivity contribution is 6.48. The van der Waals surface area contributed by atoms with Gasteiger partial charge in [0.25, 0.3) is 0 Å². The average Bonchev–Trinajstić information content (AvgIpc) is 2.67. The topological polar surface area (TPSA) is 98.4 Å². The van der Waals surface area contributed by atoms with Crippen molar-refractivity contribution in [2.45, 2.75) is 20.0 Å². The molecule has 0 amide bonds. The number of amidine groups is 1. The SMILES string of the molecule is CON=C(C1=NCCON1)c1ccccc1C=NOC(C)C(C)=NOC. The van der Waals surface area contributed by atoms with Gasteiger partial charge in [0, 0.05) is 11.1 Å². The van der Waals surface area contributed by atoms with E-state index in [1.807, 2.05) is 31.2 Å². The fraction of sp³-hybridized carbons (Fsp3) is 0.412. The van der Waals surface area contributed by atoms with E-state index < -0.39 is 0 Å². The van der Waals surface area contributed by atoms with Crippen molar-refractivity contribution in [2.24, 2.45) is 20.5 Å². The van der Waals surface area contributed by atoms with Crippen LogP contribution in [-0.2, 0) is 19.4 Å². The third-order valence-electron chi connectivity index (χ3n) is 3.49. The summed E-state index contributed by atoms with van der Waals surface area (Å²) in [6, 6.07) is 7.56. The van der Waals surface area contributed by atoms with Crippen LogP contribution >= 0.6 is 0 Å².